The fraction of sp³-hybridized carbons (Fsp3) is 0.100. The summed E-state index contributed by atoms with van der Waals surface area (Å²) in [5.74, 6) is -0.540. The van der Waals surface area contributed by atoms with Gasteiger partial charge in [-0.2, -0.15) is 0 Å². The number of anilines is 1. The van der Waals surface area contributed by atoms with E-state index in [0.29, 0.717) is 0 Å². The highest BCUT2D eigenvalue weighted by atomic mass is 32.1. The van der Waals surface area contributed by atoms with E-state index in [1.807, 2.05) is 24.3 Å². The molecular formula is C20H17NO5S. The van der Waals surface area contributed by atoms with E-state index >= 15 is 0 Å². The zero-order valence-corrected chi connectivity index (χ0v) is 15.0. The standard InChI is InChI=1S/C20H17NO5S/c22-11-16-9-18(27)19(23)17(26-16)10-21-15-7-5-13(6-8-15)12-1-3-14(4-2-12)20(24)25/h1-9,21-23H,10-11H2,(H,24,25). The Morgan fingerprint density at radius 3 is 2.19 bits per heavy atom. The Hall–Kier alpha value is -3.16. The third-order valence-corrected chi connectivity index (χ3v) is 4.31. The fourth-order valence-corrected chi connectivity index (χ4v) is 2.80. The molecule has 3 rings (SSSR count). The summed E-state index contributed by atoms with van der Waals surface area (Å²) in [5, 5.41) is 31.2. The molecule has 0 radical (unpaired) electrons. The van der Waals surface area contributed by atoms with Crippen molar-refractivity contribution in [2.24, 2.45) is 0 Å². The van der Waals surface area contributed by atoms with Gasteiger partial charge in [-0.15, -0.1) is 0 Å². The average molecular weight is 383 g/mol. The summed E-state index contributed by atoms with van der Waals surface area (Å²) in [7, 11) is 0. The van der Waals surface area contributed by atoms with Crippen molar-refractivity contribution in [3.8, 4) is 16.9 Å². The molecule has 0 saturated heterocycles. The molecule has 0 amide bonds. The van der Waals surface area contributed by atoms with Gasteiger partial charge in [-0.25, -0.2) is 4.79 Å². The average Bonchev–Trinajstić information content (AvgIpc) is 2.69. The SMILES string of the molecule is O=C(O)c1ccc(-c2ccc(NCc3oc(CO)cc(=S)c3O)cc2)cc1. The van der Waals surface area contributed by atoms with Crippen LogP contribution in [0.3, 0.4) is 0 Å². The minimum absolute atomic E-state index is 0.121. The van der Waals surface area contributed by atoms with Gasteiger partial charge in [0.1, 0.15) is 12.4 Å². The first-order chi connectivity index (χ1) is 13.0. The van der Waals surface area contributed by atoms with Crippen LogP contribution in [-0.4, -0.2) is 21.3 Å². The molecule has 138 valence electrons. The maximum Gasteiger partial charge on any atom is 0.335 e. The number of hydrogen-bond acceptors (Lipinski definition) is 6. The van der Waals surface area contributed by atoms with Gasteiger partial charge in [0, 0.05) is 11.8 Å². The molecule has 27 heavy (non-hydrogen) atoms. The molecule has 0 saturated carbocycles. The van der Waals surface area contributed by atoms with E-state index < -0.39 is 5.97 Å². The molecule has 0 atom stereocenters. The Labute approximate surface area is 160 Å². The number of aliphatic hydroxyl groups excluding tert-OH is 1. The summed E-state index contributed by atoms with van der Waals surface area (Å²) in [5.41, 5.74) is 2.90. The fourth-order valence-electron chi connectivity index (χ4n) is 2.55. The second-order valence-corrected chi connectivity index (χ2v) is 6.26. The van der Waals surface area contributed by atoms with Crippen molar-refractivity contribution in [1.29, 1.82) is 0 Å². The molecule has 7 heteroatoms. The Kier molecular flexibility index (Phi) is 5.54. The minimum Gasteiger partial charge on any atom is -0.503 e. The van der Waals surface area contributed by atoms with Crippen molar-refractivity contribution >= 4 is 23.9 Å². The van der Waals surface area contributed by atoms with Crippen LogP contribution in [0, 0.1) is 4.51 Å². The Morgan fingerprint density at radius 1 is 1.04 bits per heavy atom. The maximum atomic E-state index is 10.9. The normalized spacial score (nSPS) is 10.6. The van der Waals surface area contributed by atoms with Gasteiger partial charge in [-0.3, -0.25) is 0 Å². The first-order valence-corrected chi connectivity index (χ1v) is 8.52. The number of benzene rings is 2. The predicted octanol–water partition coefficient (Wildman–Crippen LogP) is 4.18. The number of aromatic carboxylic acids is 1. The van der Waals surface area contributed by atoms with Crippen molar-refractivity contribution in [3.63, 3.8) is 0 Å². The summed E-state index contributed by atoms with van der Waals surface area (Å²) < 4.78 is 5.63. The summed E-state index contributed by atoms with van der Waals surface area (Å²) in [6, 6.07) is 15.6. The van der Waals surface area contributed by atoms with E-state index in [1.54, 1.807) is 24.3 Å². The lowest BCUT2D eigenvalue weighted by Gasteiger charge is -2.10. The van der Waals surface area contributed by atoms with Crippen LogP contribution >= 0.6 is 12.2 Å². The Morgan fingerprint density at radius 2 is 1.63 bits per heavy atom. The van der Waals surface area contributed by atoms with Crippen LogP contribution in [0.4, 0.5) is 5.69 Å². The van der Waals surface area contributed by atoms with Crippen molar-refractivity contribution in [3.05, 3.63) is 76.2 Å². The summed E-state index contributed by atoms with van der Waals surface area (Å²) in [4.78, 5) is 10.9. The second-order valence-electron chi connectivity index (χ2n) is 5.82. The van der Waals surface area contributed by atoms with Crippen molar-refractivity contribution in [2.75, 3.05) is 5.32 Å². The van der Waals surface area contributed by atoms with Gasteiger partial charge in [0.05, 0.1) is 16.6 Å². The smallest absolute Gasteiger partial charge is 0.335 e. The molecule has 4 N–H and O–H groups in total. The molecule has 0 aliphatic carbocycles. The minimum atomic E-state index is -0.956. The quantitative estimate of drug-likeness (QED) is 0.473. The van der Waals surface area contributed by atoms with Gasteiger partial charge in [-0.05, 0) is 35.4 Å². The molecule has 1 aromatic heterocycles. The Bertz CT molecular complexity index is 1010. The highest BCUT2D eigenvalue weighted by Gasteiger charge is 2.09. The second kappa shape index (κ2) is 8.03. The first kappa shape index (κ1) is 18.6. The topological polar surface area (TPSA) is 103 Å². The van der Waals surface area contributed by atoms with Crippen LogP contribution < -0.4 is 5.32 Å². The van der Waals surface area contributed by atoms with Crippen LogP contribution in [0.25, 0.3) is 11.1 Å². The van der Waals surface area contributed by atoms with Gasteiger partial charge < -0.3 is 25.1 Å². The van der Waals surface area contributed by atoms with E-state index in [9.17, 15) is 15.0 Å². The van der Waals surface area contributed by atoms with Crippen LogP contribution in [0.5, 0.6) is 5.75 Å². The molecule has 2 aromatic carbocycles. The molecule has 3 aromatic rings. The Balaban J connectivity index is 1.72. The molecular weight excluding hydrogens is 366 g/mol. The van der Waals surface area contributed by atoms with E-state index in [1.165, 1.54) is 6.07 Å². The first-order valence-electron chi connectivity index (χ1n) is 8.11. The third kappa shape index (κ3) is 4.33. The van der Waals surface area contributed by atoms with E-state index in [0.717, 1.165) is 16.8 Å². The summed E-state index contributed by atoms with van der Waals surface area (Å²) in [6.45, 7) is -0.0950. The number of aromatic hydroxyl groups is 1. The molecule has 6 nitrogen and oxygen atoms in total. The largest absolute Gasteiger partial charge is 0.503 e. The van der Waals surface area contributed by atoms with Gasteiger partial charge >= 0.3 is 5.97 Å². The number of hydrogen-bond donors (Lipinski definition) is 4. The van der Waals surface area contributed by atoms with E-state index in [-0.39, 0.29) is 40.5 Å². The van der Waals surface area contributed by atoms with Crippen molar-refractivity contribution < 1.29 is 24.5 Å². The molecule has 0 unspecified atom stereocenters. The lowest BCUT2D eigenvalue weighted by molar-refractivity contribution is 0.0697. The third-order valence-electron chi connectivity index (χ3n) is 4.00. The summed E-state index contributed by atoms with van der Waals surface area (Å²) >= 11 is 5.04. The van der Waals surface area contributed by atoms with Gasteiger partial charge in [-0.1, -0.05) is 36.5 Å². The lowest BCUT2D eigenvalue weighted by Crippen LogP contribution is -2.01. The number of carboxylic acids is 1. The number of aliphatic hydroxyl groups is 1. The van der Waals surface area contributed by atoms with Crippen LogP contribution in [0.2, 0.25) is 0 Å². The summed E-state index contributed by atoms with van der Waals surface area (Å²) in [6.07, 6.45) is 0. The molecule has 0 aliphatic rings. The lowest BCUT2D eigenvalue weighted by atomic mass is 10.0. The number of nitrogens with one attached hydrogen (secondary N) is 1. The number of rotatable bonds is 6. The van der Waals surface area contributed by atoms with E-state index in [2.05, 4.69) is 5.32 Å². The van der Waals surface area contributed by atoms with Gasteiger partial charge in [0.15, 0.2) is 11.5 Å². The predicted molar refractivity (Wildman–Crippen MR) is 103 cm³/mol. The van der Waals surface area contributed by atoms with E-state index in [4.69, 9.17) is 21.7 Å². The highest BCUT2D eigenvalue weighted by Crippen LogP contribution is 2.25. The molecule has 0 bridgehead atoms. The molecule has 0 aliphatic heterocycles. The maximum absolute atomic E-state index is 10.9. The molecule has 0 fully saturated rings. The number of carboxylic acid groups (broad SMARTS) is 1. The van der Waals surface area contributed by atoms with Crippen LogP contribution in [0.15, 0.2) is 59.0 Å². The zero-order valence-electron chi connectivity index (χ0n) is 14.2. The zero-order chi connectivity index (χ0) is 19.4. The monoisotopic (exact) mass is 383 g/mol. The van der Waals surface area contributed by atoms with Crippen LogP contribution in [-0.2, 0) is 13.2 Å². The molecule has 0 spiro atoms. The highest BCUT2D eigenvalue weighted by molar-refractivity contribution is 7.71. The van der Waals surface area contributed by atoms with Gasteiger partial charge in [0.2, 0.25) is 0 Å². The number of carbonyl (C=O) groups is 1. The molecule has 1 heterocycles. The van der Waals surface area contributed by atoms with Crippen molar-refractivity contribution in [1.82, 2.24) is 0 Å². The van der Waals surface area contributed by atoms with Gasteiger partial charge in [0.25, 0.3) is 0 Å². The van der Waals surface area contributed by atoms with Crippen molar-refractivity contribution in [2.45, 2.75) is 13.2 Å². The van der Waals surface area contributed by atoms with Crippen LogP contribution in [0.1, 0.15) is 21.9 Å².